The fraction of sp³-hybridized carbons (Fsp3) is 0.286. The molecule has 2 aromatic heterocycles. The van der Waals surface area contributed by atoms with Gasteiger partial charge in [0, 0.05) is 0 Å². The van der Waals surface area contributed by atoms with Crippen molar-refractivity contribution in [2.24, 2.45) is 0 Å². The van der Waals surface area contributed by atoms with E-state index in [1.807, 2.05) is 6.92 Å². The highest BCUT2D eigenvalue weighted by Crippen LogP contribution is 2.17. The smallest absolute Gasteiger partial charge is 0.317 e. The molecule has 68 valence electrons. The molecule has 0 bridgehead atoms. The Labute approximate surface area is 83.6 Å². The Bertz CT molecular complexity index is 476. The Hall–Kier alpha value is -1.01. The zero-order chi connectivity index (χ0) is 9.26. The number of aromatic amines is 1. The summed E-state index contributed by atoms with van der Waals surface area (Å²) in [6, 6.07) is 0.403. The van der Waals surface area contributed by atoms with Gasteiger partial charge in [-0.25, -0.2) is 4.98 Å². The number of nitrogens with one attached hydrogen (secondary N) is 1. The third-order valence-corrected chi connectivity index (χ3v) is 2.58. The molecule has 0 saturated carbocycles. The molecule has 0 radical (unpaired) electrons. The number of nitrogens with zero attached hydrogens (tertiary/aromatic N) is 2. The Morgan fingerprint density at radius 1 is 1.69 bits per heavy atom. The van der Waals surface area contributed by atoms with Crippen LogP contribution >= 0.6 is 23.6 Å². The van der Waals surface area contributed by atoms with Crippen molar-refractivity contribution in [1.82, 2.24) is 15.0 Å². The van der Waals surface area contributed by atoms with Crippen LogP contribution in [0, 0.1) is 3.95 Å². The fourth-order valence-electron chi connectivity index (χ4n) is 0.936. The molecule has 0 aromatic carbocycles. The second kappa shape index (κ2) is 3.39. The molecule has 0 aliphatic rings. The molecular formula is C7H7N3OS2. The van der Waals surface area contributed by atoms with Gasteiger partial charge in [-0.2, -0.15) is 4.98 Å². The minimum Gasteiger partial charge on any atom is -0.464 e. The number of H-pyrrole nitrogens is 1. The summed E-state index contributed by atoms with van der Waals surface area (Å²) < 4.78 is 5.87. The van der Waals surface area contributed by atoms with Crippen LogP contribution in [0.3, 0.4) is 0 Å². The summed E-state index contributed by atoms with van der Waals surface area (Å²) in [7, 11) is 0. The highest BCUT2D eigenvalue weighted by molar-refractivity contribution is 7.73. The zero-order valence-electron chi connectivity index (χ0n) is 6.90. The number of rotatable bonds is 2. The van der Waals surface area contributed by atoms with Crippen LogP contribution in [0.1, 0.15) is 6.92 Å². The number of hydrogen-bond acceptors (Lipinski definition) is 5. The molecule has 2 rings (SSSR count). The molecule has 0 unspecified atom stereocenters. The van der Waals surface area contributed by atoms with Crippen molar-refractivity contribution < 1.29 is 4.74 Å². The van der Waals surface area contributed by atoms with Crippen molar-refractivity contribution in [1.29, 1.82) is 0 Å². The average molecular weight is 213 g/mol. The first kappa shape index (κ1) is 8.58. The van der Waals surface area contributed by atoms with E-state index in [9.17, 15) is 0 Å². The van der Waals surface area contributed by atoms with Crippen molar-refractivity contribution in [3.8, 4) is 6.01 Å². The maximum Gasteiger partial charge on any atom is 0.317 e. The molecule has 2 aromatic rings. The van der Waals surface area contributed by atoms with Gasteiger partial charge in [0.1, 0.15) is 4.83 Å². The topological polar surface area (TPSA) is 50.8 Å². The number of thiazole rings is 1. The summed E-state index contributed by atoms with van der Waals surface area (Å²) in [5.41, 5.74) is 0.860. The van der Waals surface area contributed by atoms with Gasteiger partial charge in [-0.15, -0.1) is 0 Å². The first-order chi connectivity index (χ1) is 6.29. The Morgan fingerprint density at radius 3 is 3.31 bits per heavy atom. The third kappa shape index (κ3) is 1.68. The quantitative estimate of drug-likeness (QED) is 0.776. The van der Waals surface area contributed by atoms with Gasteiger partial charge in [-0.3, -0.25) is 0 Å². The van der Waals surface area contributed by atoms with Crippen molar-refractivity contribution in [3.05, 3.63) is 10.2 Å². The summed E-state index contributed by atoms with van der Waals surface area (Å²) in [5.74, 6) is 0. The van der Waals surface area contributed by atoms with Crippen molar-refractivity contribution in [2.75, 3.05) is 6.61 Å². The second-order valence-electron chi connectivity index (χ2n) is 2.32. The van der Waals surface area contributed by atoms with Crippen molar-refractivity contribution in [3.63, 3.8) is 0 Å². The third-order valence-electron chi connectivity index (χ3n) is 1.43. The fourth-order valence-corrected chi connectivity index (χ4v) is 1.96. The first-order valence-corrected chi connectivity index (χ1v) is 5.00. The lowest BCUT2D eigenvalue weighted by atomic mass is 10.6. The van der Waals surface area contributed by atoms with Crippen molar-refractivity contribution >= 4 is 33.9 Å². The van der Waals surface area contributed by atoms with Gasteiger partial charge in [-0.1, -0.05) is 11.3 Å². The summed E-state index contributed by atoms with van der Waals surface area (Å²) in [5, 5.41) is 0. The Kier molecular flexibility index (Phi) is 2.24. The van der Waals surface area contributed by atoms with Gasteiger partial charge in [0.2, 0.25) is 0 Å². The predicted octanol–water partition coefficient (Wildman–Crippen LogP) is 2.15. The van der Waals surface area contributed by atoms with E-state index in [-0.39, 0.29) is 0 Å². The lowest BCUT2D eigenvalue weighted by Gasteiger charge is -1.97. The molecule has 0 spiro atoms. The van der Waals surface area contributed by atoms with Gasteiger partial charge < -0.3 is 9.72 Å². The van der Waals surface area contributed by atoms with Crippen LogP contribution in [-0.4, -0.2) is 21.6 Å². The number of aromatic nitrogens is 3. The monoisotopic (exact) mass is 213 g/mol. The van der Waals surface area contributed by atoms with E-state index in [4.69, 9.17) is 17.0 Å². The van der Waals surface area contributed by atoms with Crippen LogP contribution in [0.25, 0.3) is 10.3 Å². The molecule has 2 heterocycles. The molecule has 0 aliphatic heterocycles. The van der Waals surface area contributed by atoms with Crippen LogP contribution in [0.5, 0.6) is 6.01 Å². The zero-order valence-corrected chi connectivity index (χ0v) is 8.54. The van der Waals surface area contributed by atoms with Gasteiger partial charge in [-0.05, 0) is 19.1 Å². The van der Waals surface area contributed by atoms with E-state index < -0.39 is 0 Å². The van der Waals surface area contributed by atoms with E-state index in [2.05, 4.69) is 15.0 Å². The SMILES string of the molecule is CCOc1ncc2[nH]c(=S)sc2n1. The minimum atomic E-state index is 0.403. The Balaban J connectivity index is 2.54. The number of hydrogen-bond donors (Lipinski definition) is 1. The van der Waals surface area contributed by atoms with E-state index in [1.165, 1.54) is 11.3 Å². The molecule has 0 amide bonds. The largest absolute Gasteiger partial charge is 0.464 e. The standard InChI is InChI=1S/C7H7N3OS2/c1-2-11-6-8-3-4-5(10-6)13-7(12)9-4/h3H,2H2,1H3,(H,9,12). The molecule has 0 aliphatic carbocycles. The first-order valence-electron chi connectivity index (χ1n) is 3.78. The van der Waals surface area contributed by atoms with Crippen LogP contribution in [0.15, 0.2) is 6.20 Å². The van der Waals surface area contributed by atoms with Crippen LogP contribution in [0.2, 0.25) is 0 Å². The van der Waals surface area contributed by atoms with E-state index in [0.29, 0.717) is 16.6 Å². The van der Waals surface area contributed by atoms with Gasteiger partial charge in [0.25, 0.3) is 0 Å². The van der Waals surface area contributed by atoms with Crippen LogP contribution in [0.4, 0.5) is 0 Å². The van der Waals surface area contributed by atoms with E-state index in [0.717, 1.165) is 10.3 Å². The molecule has 6 heteroatoms. The summed E-state index contributed by atoms with van der Waals surface area (Å²) in [6.45, 7) is 2.47. The van der Waals surface area contributed by atoms with Crippen LogP contribution in [-0.2, 0) is 0 Å². The van der Waals surface area contributed by atoms with Gasteiger partial charge in [0.15, 0.2) is 3.95 Å². The maximum absolute atomic E-state index is 5.16. The second-order valence-corrected chi connectivity index (χ2v) is 3.98. The summed E-state index contributed by atoms with van der Waals surface area (Å²) >= 11 is 6.40. The lowest BCUT2D eigenvalue weighted by molar-refractivity contribution is 0.314. The highest BCUT2D eigenvalue weighted by Gasteiger charge is 2.01. The van der Waals surface area contributed by atoms with E-state index in [1.54, 1.807) is 6.20 Å². The highest BCUT2D eigenvalue weighted by atomic mass is 32.1. The summed E-state index contributed by atoms with van der Waals surface area (Å²) in [4.78, 5) is 12.0. The maximum atomic E-state index is 5.16. The summed E-state index contributed by atoms with van der Waals surface area (Å²) in [6.07, 6.45) is 1.68. The van der Waals surface area contributed by atoms with Gasteiger partial charge in [0.05, 0.1) is 18.3 Å². The predicted molar refractivity (Wildman–Crippen MR) is 53.8 cm³/mol. The van der Waals surface area contributed by atoms with Crippen LogP contribution < -0.4 is 4.74 Å². The molecule has 0 saturated heterocycles. The van der Waals surface area contributed by atoms with E-state index >= 15 is 0 Å². The number of fused-ring (bicyclic) bond motifs is 1. The van der Waals surface area contributed by atoms with Gasteiger partial charge >= 0.3 is 6.01 Å². The number of ether oxygens (including phenoxy) is 1. The molecular weight excluding hydrogens is 206 g/mol. The molecule has 0 atom stereocenters. The van der Waals surface area contributed by atoms with Crippen molar-refractivity contribution in [2.45, 2.75) is 6.92 Å². The molecule has 1 N–H and O–H groups in total. The normalized spacial score (nSPS) is 10.5. The average Bonchev–Trinajstić information content (AvgIpc) is 2.44. The molecule has 4 nitrogen and oxygen atoms in total. The molecule has 13 heavy (non-hydrogen) atoms. The molecule has 0 fully saturated rings. The lowest BCUT2D eigenvalue weighted by Crippen LogP contribution is -1.96. The Morgan fingerprint density at radius 2 is 2.54 bits per heavy atom. The minimum absolute atomic E-state index is 0.403.